The number of carbonyl (C=O) groups is 3. The molecule has 1 aliphatic heterocycles. The predicted octanol–water partition coefficient (Wildman–Crippen LogP) is 3.83. The quantitative estimate of drug-likeness (QED) is 0.567. The maximum Gasteiger partial charge on any atom is 0.325 e. The van der Waals surface area contributed by atoms with Crippen LogP contribution < -0.4 is 5.32 Å². The van der Waals surface area contributed by atoms with Crippen LogP contribution >= 0.6 is 11.6 Å². The van der Waals surface area contributed by atoms with E-state index in [9.17, 15) is 23.2 Å². The Labute approximate surface area is 182 Å². The molecule has 31 heavy (non-hydrogen) atoms. The molecule has 0 radical (unpaired) electrons. The summed E-state index contributed by atoms with van der Waals surface area (Å²) in [5.74, 6) is -3.44. The minimum atomic E-state index is -2.85. The van der Waals surface area contributed by atoms with Gasteiger partial charge < -0.3 is 9.88 Å². The van der Waals surface area contributed by atoms with Gasteiger partial charge in [-0.15, -0.1) is 0 Å². The smallest absolute Gasteiger partial charge is 0.323 e. The van der Waals surface area contributed by atoms with Crippen LogP contribution in [0.3, 0.4) is 0 Å². The molecule has 1 aromatic carbocycles. The second-order valence-corrected chi connectivity index (χ2v) is 8.53. The predicted molar refractivity (Wildman–Crippen MR) is 109 cm³/mol. The number of urea groups is 1. The summed E-state index contributed by atoms with van der Waals surface area (Å²) in [6, 6.07) is 6.32. The van der Waals surface area contributed by atoms with Crippen LogP contribution in [-0.2, 0) is 4.79 Å². The minimum absolute atomic E-state index is 0.134. The highest BCUT2D eigenvalue weighted by molar-refractivity contribution is 6.30. The zero-order valence-electron chi connectivity index (χ0n) is 17.0. The highest BCUT2D eigenvalue weighted by Crippen LogP contribution is 2.41. The van der Waals surface area contributed by atoms with Gasteiger partial charge in [-0.05, 0) is 44.9 Å². The van der Waals surface area contributed by atoms with E-state index in [1.165, 1.54) is 0 Å². The number of imidazole rings is 1. The van der Waals surface area contributed by atoms with E-state index in [-0.39, 0.29) is 18.5 Å². The molecule has 2 fully saturated rings. The number of ketones is 1. The van der Waals surface area contributed by atoms with Gasteiger partial charge in [-0.3, -0.25) is 14.5 Å². The number of Topliss-reactive ketones (excluding diaryl/α,β-unsaturated/α-hetero) is 1. The lowest BCUT2D eigenvalue weighted by Gasteiger charge is -2.34. The summed E-state index contributed by atoms with van der Waals surface area (Å²) < 4.78 is 28.8. The Morgan fingerprint density at radius 2 is 1.87 bits per heavy atom. The van der Waals surface area contributed by atoms with E-state index in [0.29, 0.717) is 16.5 Å². The van der Waals surface area contributed by atoms with Crippen LogP contribution in [0.5, 0.6) is 0 Å². The minimum Gasteiger partial charge on any atom is -0.323 e. The number of nitrogens with zero attached hydrogens (tertiary/aromatic N) is 3. The van der Waals surface area contributed by atoms with Crippen molar-refractivity contribution >= 4 is 29.3 Å². The van der Waals surface area contributed by atoms with E-state index in [1.54, 1.807) is 36.6 Å². The molecule has 7 nitrogen and oxygen atoms in total. The number of aromatic nitrogens is 2. The Balaban J connectivity index is 1.56. The number of halogens is 3. The number of nitrogens with one attached hydrogen (secondary N) is 1. The van der Waals surface area contributed by atoms with Crippen LogP contribution in [0.25, 0.3) is 5.69 Å². The second-order valence-electron chi connectivity index (χ2n) is 8.09. The SMILES string of the molecule is Cc1nc(C(=O)CN2C(=O)NC3(CCC(F)(F)CC3)C2=O)c(C)n1-c1cccc(Cl)c1. The van der Waals surface area contributed by atoms with Gasteiger partial charge in [0.15, 0.2) is 0 Å². The van der Waals surface area contributed by atoms with E-state index in [1.807, 2.05) is 6.07 Å². The van der Waals surface area contributed by atoms with Crippen molar-refractivity contribution in [2.24, 2.45) is 0 Å². The first-order valence-electron chi connectivity index (χ1n) is 9.90. The first kappa shape index (κ1) is 21.4. The lowest BCUT2D eigenvalue weighted by Crippen LogP contribution is -2.51. The lowest BCUT2D eigenvalue weighted by atomic mass is 9.80. The van der Waals surface area contributed by atoms with E-state index >= 15 is 0 Å². The first-order valence-corrected chi connectivity index (χ1v) is 10.3. The monoisotopic (exact) mass is 450 g/mol. The summed E-state index contributed by atoms with van der Waals surface area (Å²) in [7, 11) is 0. The molecule has 2 aromatic rings. The van der Waals surface area contributed by atoms with Crippen molar-refractivity contribution < 1.29 is 23.2 Å². The van der Waals surface area contributed by atoms with Gasteiger partial charge in [-0.1, -0.05) is 17.7 Å². The van der Waals surface area contributed by atoms with Crippen LogP contribution in [0.15, 0.2) is 24.3 Å². The Morgan fingerprint density at radius 3 is 2.52 bits per heavy atom. The first-order chi connectivity index (χ1) is 14.5. The topological polar surface area (TPSA) is 84.3 Å². The molecule has 164 valence electrons. The number of imide groups is 1. The largest absolute Gasteiger partial charge is 0.325 e. The molecule has 3 amide bonds. The van der Waals surface area contributed by atoms with Crippen molar-refractivity contribution in [3.05, 3.63) is 46.5 Å². The van der Waals surface area contributed by atoms with Crippen LogP contribution in [0.4, 0.5) is 13.6 Å². The van der Waals surface area contributed by atoms with Crippen molar-refractivity contribution in [2.75, 3.05) is 6.54 Å². The standard InChI is InChI=1S/C21H21ClF2N4O3/c1-12-17(25-13(2)28(12)15-5-3-4-14(22)10-15)16(29)11-27-18(30)20(26-19(27)31)6-8-21(23,24)9-7-20/h3-5,10H,6-9,11H2,1-2H3,(H,26,31). The third kappa shape index (κ3) is 3.71. The fourth-order valence-corrected chi connectivity index (χ4v) is 4.51. The molecule has 1 saturated carbocycles. The molecule has 4 rings (SSSR count). The van der Waals surface area contributed by atoms with Crippen LogP contribution in [-0.4, -0.2) is 50.2 Å². The second kappa shape index (κ2) is 7.40. The number of benzene rings is 1. The lowest BCUT2D eigenvalue weighted by molar-refractivity contribution is -0.135. The van der Waals surface area contributed by atoms with Crippen molar-refractivity contribution in [3.63, 3.8) is 0 Å². The molecule has 2 aliphatic rings. The van der Waals surface area contributed by atoms with Gasteiger partial charge in [0.1, 0.15) is 17.1 Å². The normalized spacial score (nSPS) is 19.7. The summed E-state index contributed by atoms with van der Waals surface area (Å²) >= 11 is 6.07. The van der Waals surface area contributed by atoms with Crippen molar-refractivity contribution in [2.45, 2.75) is 51.0 Å². The van der Waals surface area contributed by atoms with Gasteiger partial charge in [0, 0.05) is 23.6 Å². The van der Waals surface area contributed by atoms with Crippen LogP contribution in [0.2, 0.25) is 5.02 Å². The third-order valence-electron chi connectivity index (χ3n) is 5.99. The number of aryl methyl sites for hydroxylation is 1. The van der Waals surface area contributed by atoms with E-state index in [0.717, 1.165) is 10.6 Å². The third-order valence-corrected chi connectivity index (χ3v) is 6.22. The zero-order chi connectivity index (χ0) is 22.6. The Kier molecular flexibility index (Phi) is 5.12. The molecule has 10 heteroatoms. The molecule has 1 aromatic heterocycles. The summed E-state index contributed by atoms with van der Waals surface area (Å²) in [6.45, 7) is 2.94. The Bertz CT molecular complexity index is 1090. The summed E-state index contributed by atoms with van der Waals surface area (Å²) in [6.07, 6.45) is -1.28. The van der Waals surface area contributed by atoms with Gasteiger partial charge in [-0.25, -0.2) is 18.6 Å². The van der Waals surface area contributed by atoms with E-state index < -0.39 is 48.6 Å². The summed E-state index contributed by atoms with van der Waals surface area (Å²) in [4.78, 5) is 43.4. The average Bonchev–Trinajstić information content (AvgIpc) is 3.12. The molecule has 0 atom stereocenters. The molecular weight excluding hydrogens is 430 g/mol. The van der Waals surface area contributed by atoms with Gasteiger partial charge in [0.25, 0.3) is 5.91 Å². The van der Waals surface area contributed by atoms with Crippen molar-refractivity contribution in [1.29, 1.82) is 0 Å². The molecule has 1 spiro atoms. The Morgan fingerprint density at radius 1 is 1.19 bits per heavy atom. The molecular formula is C21H21ClF2N4O3. The number of rotatable bonds is 4. The van der Waals surface area contributed by atoms with Crippen molar-refractivity contribution in [1.82, 2.24) is 19.8 Å². The van der Waals surface area contributed by atoms with Crippen LogP contribution in [0, 0.1) is 13.8 Å². The van der Waals surface area contributed by atoms with E-state index in [2.05, 4.69) is 10.3 Å². The molecule has 2 heterocycles. The molecule has 1 N–H and O–H groups in total. The number of hydrogen-bond acceptors (Lipinski definition) is 4. The zero-order valence-corrected chi connectivity index (χ0v) is 17.8. The van der Waals surface area contributed by atoms with Gasteiger partial charge in [0.05, 0.1) is 12.2 Å². The number of hydrogen-bond donors (Lipinski definition) is 1. The fraction of sp³-hybridized carbons (Fsp3) is 0.429. The average molecular weight is 451 g/mol. The summed E-state index contributed by atoms with van der Waals surface area (Å²) in [5, 5.41) is 3.07. The molecule has 0 bridgehead atoms. The Hall–Kier alpha value is -2.81. The van der Waals surface area contributed by atoms with Crippen LogP contribution in [0.1, 0.15) is 47.7 Å². The molecule has 1 saturated heterocycles. The number of alkyl halides is 2. The van der Waals surface area contributed by atoms with Gasteiger partial charge >= 0.3 is 6.03 Å². The van der Waals surface area contributed by atoms with Crippen molar-refractivity contribution in [3.8, 4) is 5.69 Å². The highest BCUT2D eigenvalue weighted by atomic mass is 35.5. The maximum atomic E-state index is 13.5. The maximum absolute atomic E-state index is 13.5. The molecule has 0 unspecified atom stereocenters. The fourth-order valence-electron chi connectivity index (χ4n) is 4.32. The van der Waals surface area contributed by atoms with Gasteiger partial charge in [-0.2, -0.15) is 0 Å². The van der Waals surface area contributed by atoms with E-state index in [4.69, 9.17) is 11.6 Å². The highest BCUT2D eigenvalue weighted by Gasteiger charge is 2.55. The number of amides is 3. The van der Waals surface area contributed by atoms with Gasteiger partial charge in [0.2, 0.25) is 11.7 Å². The summed E-state index contributed by atoms with van der Waals surface area (Å²) in [5.41, 5.74) is 0.0497. The molecule has 1 aliphatic carbocycles. The number of carbonyl (C=O) groups excluding carboxylic acids is 3.